The van der Waals surface area contributed by atoms with Gasteiger partial charge in [-0.05, 0) is 111 Å². The quantitative estimate of drug-likeness (QED) is 0.159. The molecule has 0 aliphatic heterocycles. The van der Waals surface area contributed by atoms with Gasteiger partial charge in [0.2, 0.25) is 0 Å². The first-order valence-electron chi connectivity index (χ1n) is 19.7. The molecule has 57 heavy (non-hydrogen) atoms. The summed E-state index contributed by atoms with van der Waals surface area (Å²) in [6, 6.07) is 84.2. The second-order valence-corrected chi connectivity index (χ2v) is 14.9. The summed E-state index contributed by atoms with van der Waals surface area (Å²) in [4.78, 5) is 2.37. The first kappa shape index (κ1) is 33.0. The molecule has 0 spiro atoms. The van der Waals surface area contributed by atoms with E-state index in [4.69, 9.17) is 0 Å². The fourth-order valence-electron chi connectivity index (χ4n) is 9.41. The van der Waals surface area contributed by atoms with Gasteiger partial charge in [-0.15, -0.1) is 0 Å². The van der Waals surface area contributed by atoms with Gasteiger partial charge in [-0.2, -0.15) is 0 Å². The van der Waals surface area contributed by atoms with Gasteiger partial charge in [0.05, 0.1) is 16.4 Å². The van der Waals surface area contributed by atoms with Crippen LogP contribution in [0.3, 0.4) is 0 Å². The zero-order valence-corrected chi connectivity index (χ0v) is 31.3. The van der Waals surface area contributed by atoms with E-state index in [1.54, 1.807) is 0 Å². The number of anilines is 3. The van der Waals surface area contributed by atoms with E-state index in [2.05, 4.69) is 240 Å². The molecule has 1 heterocycles. The Kier molecular flexibility index (Phi) is 7.75. The summed E-state index contributed by atoms with van der Waals surface area (Å²) in [5, 5.41) is 2.43. The number of aromatic nitrogens is 1. The summed E-state index contributed by atoms with van der Waals surface area (Å²) >= 11 is 0. The minimum atomic E-state index is -0.488. The number of nitrogens with zero attached hydrogens (tertiary/aromatic N) is 2. The zero-order valence-electron chi connectivity index (χ0n) is 31.3. The van der Waals surface area contributed by atoms with E-state index in [-0.39, 0.29) is 0 Å². The maximum Gasteiger partial charge on any atom is 0.0713 e. The van der Waals surface area contributed by atoms with E-state index >= 15 is 0 Å². The minimum absolute atomic E-state index is 0.488. The van der Waals surface area contributed by atoms with Crippen LogP contribution in [-0.4, -0.2) is 4.57 Å². The molecule has 0 unspecified atom stereocenters. The molecule has 11 rings (SSSR count). The molecule has 0 radical (unpaired) electrons. The number of rotatable bonds is 7. The molecule has 2 heteroatoms. The van der Waals surface area contributed by atoms with Crippen molar-refractivity contribution in [2.45, 2.75) is 5.41 Å². The molecule has 0 atom stereocenters. The lowest BCUT2D eigenvalue weighted by atomic mass is 9.67. The molecular formula is C55H38N2. The van der Waals surface area contributed by atoms with Gasteiger partial charge in [0, 0.05) is 33.5 Å². The fourth-order valence-corrected chi connectivity index (χ4v) is 9.41. The molecule has 2 nitrogen and oxygen atoms in total. The van der Waals surface area contributed by atoms with Crippen molar-refractivity contribution < 1.29 is 0 Å². The van der Waals surface area contributed by atoms with Gasteiger partial charge >= 0.3 is 0 Å². The second kappa shape index (κ2) is 13.4. The molecule has 268 valence electrons. The van der Waals surface area contributed by atoms with Crippen molar-refractivity contribution in [1.29, 1.82) is 0 Å². The highest BCUT2D eigenvalue weighted by Gasteiger charge is 2.46. The SMILES string of the molecule is c1ccc(-c2ccc(N(c3ccccc3)c3ccc4c(c3)c3cc(C5(c6ccccc6)c6ccccc6-c6ccccc65)ccc3n4-c3ccccc3)cc2)cc1. The van der Waals surface area contributed by atoms with Crippen LogP contribution in [0.5, 0.6) is 0 Å². The Bertz CT molecular complexity index is 2990. The van der Waals surface area contributed by atoms with Crippen molar-refractivity contribution in [3.63, 3.8) is 0 Å². The Morgan fingerprint density at radius 2 is 0.807 bits per heavy atom. The topological polar surface area (TPSA) is 8.17 Å². The van der Waals surface area contributed by atoms with Gasteiger partial charge in [-0.1, -0.05) is 164 Å². The smallest absolute Gasteiger partial charge is 0.0713 e. The van der Waals surface area contributed by atoms with Crippen molar-refractivity contribution in [2.24, 2.45) is 0 Å². The van der Waals surface area contributed by atoms with Crippen molar-refractivity contribution in [1.82, 2.24) is 4.57 Å². The van der Waals surface area contributed by atoms with E-state index in [1.807, 2.05) is 0 Å². The molecule has 1 aromatic heterocycles. The normalized spacial score (nSPS) is 12.7. The number of benzene rings is 9. The van der Waals surface area contributed by atoms with Gasteiger partial charge in [-0.25, -0.2) is 0 Å². The third kappa shape index (κ3) is 5.18. The summed E-state index contributed by atoms with van der Waals surface area (Å²) in [5.74, 6) is 0. The molecule has 0 fully saturated rings. The monoisotopic (exact) mass is 726 g/mol. The Hall–Kier alpha value is -7.42. The molecule has 0 saturated heterocycles. The fraction of sp³-hybridized carbons (Fsp3) is 0.0182. The third-order valence-electron chi connectivity index (χ3n) is 11.9. The Balaban J connectivity index is 1.17. The van der Waals surface area contributed by atoms with Crippen molar-refractivity contribution in [2.75, 3.05) is 4.90 Å². The van der Waals surface area contributed by atoms with E-state index in [0.717, 1.165) is 22.7 Å². The van der Waals surface area contributed by atoms with Gasteiger partial charge in [0.1, 0.15) is 0 Å². The van der Waals surface area contributed by atoms with Gasteiger partial charge < -0.3 is 9.47 Å². The minimum Gasteiger partial charge on any atom is -0.310 e. The molecule has 0 amide bonds. The molecule has 0 N–H and O–H groups in total. The predicted octanol–water partition coefficient (Wildman–Crippen LogP) is 14.3. The predicted molar refractivity (Wildman–Crippen MR) is 238 cm³/mol. The van der Waals surface area contributed by atoms with Crippen LogP contribution in [0.4, 0.5) is 17.1 Å². The van der Waals surface area contributed by atoms with Crippen LogP contribution in [0.2, 0.25) is 0 Å². The van der Waals surface area contributed by atoms with Crippen LogP contribution in [0.25, 0.3) is 49.7 Å². The van der Waals surface area contributed by atoms with E-state index < -0.39 is 5.41 Å². The first-order valence-corrected chi connectivity index (χ1v) is 19.7. The largest absolute Gasteiger partial charge is 0.310 e. The first-order chi connectivity index (χ1) is 28.3. The van der Waals surface area contributed by atoms with Crippen LogP contribution in [0, 0.1) is 0 Å². The number of para-hydroxylation sites is 2. The van der Waals surface area contributed by atoms with Crippen LogP contribution in [-0.2, 0) is 5.41 Å². The maximum atomic E-state index is 2.48. The van der Waals surface area contributed by atoms with Crippen LogP contribution >= 0.6 is 0 Å². The molecular weight excluding hydrogens is 689 g/mol. The summed E-state index contributed by atoms with van der Waals surface area (Å²) < 4.78 is 2.42. The number of fused-ring (bicyclic) bond motifs is 6. The average molecular weight is 727 g/mol. The maximum absolute atomic E-state index is 2.48. The van der Waals surface area contributed by atoms with Crippen LogP contribution in [0.1, 0.15) is 22.3 Å². The second-order valence-electron chi connectivity index (χ2n) is 14.9. The molecule has 0 bridgehead atoms. The lowest BCUT2D eigenvalue weighted by molar-refractivity contribution is 0.770. The van der Waals surface area contributed by atoms with Crippen LogP contribution < -0.4 is 4.90 Å². The Labute approximate surface area is 333 Å². The summed E-state index contributed by atoms with van der Waals surface area (Å²) in [6.07, 6.45) is 0. The zero-order chi connectivity index (χ0) is 37.8. The lowest BCUT2D eigenvalue weighted by Gasteiger charge is -2.34. The molecule has 1 aliphatic rings. The van der Waals surface area contributed by atoms with Gasteiger partial charge in [0.15, 0.2) is 0 Å². The highest BCUT2D eigenvalue weighted by molar-refractivity contribution is 6.11. The standard InChI is InChI=1S/C55H38N2/c1-5-17-39(18-6-1)40-29-32-45(33-30-40)56(43-21-9-3-10-22-43)46-34-36-54-50(38-46)49-37-42(31-35-53(49)57(54)44-23-11-4-12-24-44)55(41-19-7-2-8-20-41)51-27-15-13-25-47(51)48-26-14-16-28-52(48)55/h1-38H. The van der Waals surface area contributed by atoms with E-state index in [1.165, 1.54) is 66.3 Å². The lowest BCUT2D eigenvalue weighted by Crippen LogP contribution is -2.28. The summed E-state index contributed by atoms with van der Waals surface area (Å²) in [5.41, 5.74) is 16.5. The molecule has 9 aromatic carbocycles. The van der Waals surface area contributed by atoms with E-state index in [9.17, 15) is 0 Å². The molecule has 1 aliphatic carbocycles. The summed E-state index contributed by atoms with van der Waals surface area (Å²) in [7, 11) is 0. The van der Waals surface area contributed by atoms with Crippen molar-refractivity contribution >= 4 is 38.9 Å². The van der Waals surface area contributed by atoms with Crippen molar-refractivity contribution in [3.05, 3.63) is 253 Å². The molecule has 0 saturated carbocycles. The highest BCUT2D eigenvalue weighted by Crippen LogP contribution is 2.56. The Morgan fingerprint density at radius 1 is 0.333 bits per heavy atom. The van der Waals surface area contributed by atoms with Gasteiger partial charge in [-0.3, -0.25) is 0 Å². The number of hydrogen-bond acceptors (Lipinski definition) is 1. The highest BCUT2D eigenvalue weighted by atomic mass is 15.1. The summed E-state index contributed by atoms with van der Waals surface area (Å²) in [6.45, 7) is 0. The van der Waals surface area contributed by atoms with Crippen LogP contribution in [0.15, 0.2) is 231 Å². The average Bonchev–Trinajstić information content (AvgIpc) is 3.78. The third-order valence-corrected chi connectivity index (χ3v) is 11.9. The number of hydrogen-bond donors (Lipinski definition) is 0. The van der Waals surface area contributed by atoms with Gasteiger partial charge in [0.25, 0.3) is 0 Å². The molecule has 10 aromatic rings. The van der Waals surface area contributed by atoms with E-state index in [0.29, 0.717) is 0 Å². The Morgan fingerprint density at radius 3 is 1.46 bits per heavy atom. The van der Waals surface area contributed by atoms with Crippen molar-refractivity contribution in [3.8, 4) is 27.9 Å².